The molecule has 0 saturated heterocycles. The zero-order valence-electron chi connectivity index (χ0n) is 26.6. The molecule has 0 saturated carbocycles. The number of hydrogen-bond acceptors (Lipinski definition) is 11. The van der Waals surface area contributed by atoms with E-state index in [1.807, 2.05) is 91.9 Å². The lowest BCUT2D eigenvalue weighted by Crippen LogP contribution is -2.50. The van der Waals surface area contributed by atoms with Gasteiger partial charge in [-0.05, 0) is 66.6 Å². The number of nitrogens with zero attached hydrogens (tertiary/aromatic N) is 6. The number of ether oxygens (including phenoxy) is 2. The second-order valence-corrected chi connectivity index (χ2v) is 12.5. The number of hydrogen-bond donors (Lipinski definition) is 0. The zero-order valence-corrected chi connectivity index (χ0v) is 28.2. The highest BCUT2D eigenvalue weighted by atomic mass is 35.5. The van der Waals surface area contributed by atoms with Gasteiger partial charge >= 0.3 is 0 Å². The minimum Gasteiger partial charge on any atom is -0.750 e. The summed E-state index contributed by atoms with van der Waals surface area (Å²) in [6, 6.07) is 29.7. The van der Waals surface area contributed by atoms with Crippen molar-refractivity contribution in [3.8, 4) is 34.4 Å². The van der Waals surface area contributed by atoms with Crippen molar-refractivity contribution in [2.75, 3.05) is 16.3 Å². The lowest BCUT2D eigenvalue weighted by molar-refractivity contribution is 0.0588. The molecule has 0 radical (unpaired) electrons. The Kier molecular flexibility index (Phi) is 8.37. The van der Waals surface area contributed by atoms with Crippen molar-refractivity contribution in [1.29, 1.82) is 0 Å². The van der Waals surface area contributed by atoms with Crippen LogP contribution in [0.4, 0.5) is 22.7 Å². The van der Waals surface area contributed by atoms with Crippen LogP contribution in [0.1, 0.15) is 24.7 Å². The molecule has 8 rings (SSSR count). The molecule has 50 heavy (non-hydrogen) atoms. The van der Waals surface area contributed by atoms with Gasteiger partial charge in [0.2, 0.25) is 5.72 Å². The molecular formula is C37H28ClN6O5S-. The SMILES string of the molecule is CCc1ccc2c(c1-c1ncccn1)N(C(CCN1c3ccccc3Oc3ccccc31)(OS(=O)[O-])c1nccc(Cl)n1)c1ccccc1O2. The largest absolute Gasteiger partial charge is 0.750 e. The number of fused-ring (bicyclic) bond motifs is 4. The van der Waals surface area contributed by atoms with E-state index in [-0.39, 0.29) is 23.9 Å². The highest BCUT2D eigenvalue weighted by Crippen LogP contribution is 2.57. The molecule has 2 aromatic heterocycles. The molecule has 2 unspecified atom stereocenters. The summed E-state index contributed by atoms with van der Waals surface area (Å²) < 4.78 is 45.0. The molecule has 0 spiro atoms. The Labute approximate surface area is 295 Å². The molecule has 0 fully saturated rings. The number of rotatable bonds is 9. The van der Waals surface area contributed by atoms with Crippen LogP contribution in [-0.2, 0) is 27.7 Å². The number of halogens is 1. The maximum Gasteiger partial charge on any atom is 0.222 e. The normalized spacial score (nSPS) is 14.6. The Balaban J connectivity index is 1.41. The number of aryl methyl sites for hydroxylation is 1. The number of benzene rings is 4. The van der Waals surface area contributed by atoms with Gasteiger partial charge in [0, 0.05) is 31.6 Å². The van der Waals surface area contributed by atoms with Crippen molar-refractivity contribution < 1.29 is 22.4 Å². The van der Waals surface area contributed by atoms with Gasteiger partial charge in [-0.1, -0.05) is 61.0 Å². The second-order valence-electron chi connectivity index (χ2n) is 11.5. The second kappa shape index (κ2) is 13.1. The molecule has 11 nitrogen and oxygen atoms in total. The smallest absolute Gasteiger partial charge is 0.222 e. The van der Waals surface area contributed by atoms with Crippen LogP contribution in [0, 0.1) is 0 Å². The molecule has 4 heterocycles. The average Bonchev–Trinajstić information content (AvgIpc) is 3.14. The highest BCUT2D eigenvalue weighted by Gasteiger charge is 2.50. The van der Waals surface area contributed by atoms with Crippen LogP contribution in [0.3, 0.4) is 0 Å². The summed E-state index contributed by atoms with van der Waals surface area (Å²) in [7, 11) is 0. The monoisotopic (exact) mass is 703 g/mol. The summed E-state index contributed by atoms with van der Waals surface area (Å²) in [5.74, 6) is 2.67. The first kappa shape index (κ1) is 31.8. The molecule has 0 aliphatic carbocycles. The van der Waals surface area contributed by atoms with E-state index in [9.17, 15) is 8.76 Å². The first-order valence-electron chi connectivity index (χ1n) is 15.9. The first-order valence-corrected chi connectivity index (χ1v) is 17.3. The van der Waals surface area contributed by atoms with Crippen LogP contribution < -0.4 is 19.3 Å². The summed E-state index contributed by atoms with van der Waals surface area (Å²) in [6.07, 6.45) is 5.42. The summed E-state index contributed by atoms with van der Waals surface area (Å²) in [5, 5.41) is 0.109. The topological polar surface area (TPSA) is 126 Å². The summed E-state index contributed by atoms with van der Waals surface area (Å²) >= 11 is 3.45. The van der Waals surface area contributed by atoms with Crippen LogP contribution in [0.15, 0.2) is 116 Å². The van der Waals surface area contributed by atoms with Crippen molar-refractivity contribution in [1.82, 2.24) is 19.9 Å². The van der Waals surface area contributed by atoms with Crippen LogP contribution >= 0.6 is 11.6 Å². The van der Waals surface area contributed by atoms with Gasteiger partial charge < -0.3 is 18.9 Å². The molecule has 2 aliphatic rings. The Morgan fingerprint density at radius 3 is 2.04 bits per heavy atom. The van der Waals surface area contributed by atoms with Crippen molar-refractivity contribution in [3.63, 3.8) is 0 Å². The molecule has 13 heteroatoms. The summed E-state index contributed by atoms with van der Waals surface area (Å²) in [5.41, 5.74) is 2.23. The first-order chi connectivity index (χ1) is 24.5. The van der Waals surface area contributed by atoms with E-state index in [2.05, 4.69) is 24.8 Å². The molecule has 2 aliphatic heterocycles. The highest BCUT2D eigenvalue weighted by molar-refractivity contribution is 7.74. The standard InChI is InChI=1S/C37H29ClN6O5S/c1-2-24-16-17-31-34(33(24)35-39-20-9-21-40-35)44(27-12-5-8-15-30(27)48-31)37(49-50(45)46,36-41-22-18-32(38)42-36)19-23-43-25-10-3-6-13-28(25)47-29-14-7-4-11-26(29)43/h3-18,20-22H,2,19,23H2,1H3,(H,45,46)/p-1. The Morgan fingerprint density at radius 1 is 0.780 bits per heavy atom. The molecule has 250 valence electrons. The summed E-state index contributed by atoms with van der Waals surface area (Å²) in [6.45, 7) is 2.25. The quantitative estimate of drug-likeness (QED) is 0.106. The Hall–Kier alpha value is -5.40. The fourth-order valence-corrected chi connectivity index (χ4v) is 7.19. The van der Waals surface area contributed by atoms with Gasteiger partial charge in [0.05, 0.1) is 39.7 Å². The molecule has 0 N–H and O–H groups in total. The molecular weight excluding hydrogens is 676 g/mol. The fraction of sp³-hybridized carbons (Fsp3) is 0.135. The van der Waals surface area contributed by atoms with Gasteiger partial charge in [-0.2, -0.15) is 0 Å². The van der Waals surface area contributed by atoms with Crippen LogP contribution in [0.25, 0.3) is 11.4 Å². The lowest BCUT2D eigenvalue weighted by atomic mass is 9.95. The summed E-state index contributed by atoms with van der Waals surface area (Å²) in [4.78, 5) is 22.4. The van der Waals surface area contributed by atoms with Crippen molar-refractivity contribution in [2.24, 2.45) is 0 Å². The van der Waals surface area contributed by atoms with E-state index in [0.29, 0.717) is 52.2 Å². The maximum absolute atomic E-state index is 13.0. The van der Waals surface area contributed by atoms with E-state index in [4.69, 9.17) is 25.3 Å². The van der Waals surface area contributed by atoms with E-state index in [0.717, 1.165) is 16.9 Å². The van der Waals surface area contributed by atoms with Gasteiger partial charge in [0.1, 0.15) is 5.15 Å². The predicted molar refractivity (Wildman–Crippen MR) is 189 cm³/mol. The van der Waals surface area contributed by atoms with Gasteiger partial charge in [-0.25, -0.2) is 24.1 Å². The van der Waals surface area contributed by atoms with Crippen molar-refractivity contribution in [2.45, 2.75) is 25.5 Å². The van der Waals surface area contributed by atoms with Crippen LogP contribution in [-0.4, -0.2) is 35.2 Å². The number of para-hydroxylation sites is 6. The third kappa shape index (κ3) is 5.52. The number of anilines is 4. The van der Waals surface area contributed by atoms with Crippen LogP contribution in [0.2, 0.25) is 5.15 Å². The van der Waals surface area contributed by atoms with Gasteiger partial charge in [-0.15, -0.1) is 0 Å². The zero-order chi connectivity index (χ0) is 34.2. The Bertz CT molecular complexity index is 2200. The predicted octanol–water partition coefficient (Wildman–Crippen LogP) is 8.39. The van der Waals surface area contributed by atoms with Crippen molar-refractivity contribution >= 4 is 45.7 Å². The fourth-order valence-electron chi connectivity index (χ4n) is 6.60. The Morgan fingerprint density at radius 2 is 1.40 bits per heavy atom. The van der Waals surface area contributed by atoms with E-state index in [1.165, 1.54) is 12.3 Å². The van der Waals surface area contributed by atoms with Crippen molar-refractivity contribution in [3.05, 3.63) is 132 Å². The molecule has 6 aromatic rings. The van der Waals surface area contributed by atoms with Gasteiger partial charge in [-0.3, -0.25) is 9.08 Å². The van der Waals surface area contributed by atoms with Crippen LogP contribution in [0.5, 0.6) is 23.0 Å². The van der Waals surface area contributed by atoms with E-state index in [1.54, 1.807) is 23.4 Å². The van der Waals surface area contributed by atoms with Gasteiger partial charge in [0.15, 0.2) is 34.6 Å². The minimum atomic E-state index is -3.08. The minimum absolute atomic E-state index is 0.00318. The van der Waals surface area contributed by atoms with Gasteiger partial charge in [0.25, 0.3) is 0 Å². The molecule has 0 amide bonds. The van der Waals surface area contributed by atoms with E-state index >= 15 is 0 Å². The molecule has 2 atom stereocenters. The number of aromatic nitrogens is 4. The third-order valence-corrected chi connectivity index (χ3v) is 9.31. The van der Waals surface area contributed by atoms with E-state index < -0.39 is 17.1 Å². The maximum atomic E-state index is 13.0. The lowest BCUT2D eigenvalue weighted by Gasteiger charge is -2.47. The average molecular weight is 704 g/mol. The third-order valence-electron chi connectivity index (χ3n) is 8.69. The molecule has 4 aromatic carbocycles. The molecule has 0 bridgehead atoms.